The van der Waals surface area contributed by atoms with E-state index in [-0.39, 0.29) is 103 Å². The molecular weight excluding hydrogens is 1690 g/mol. The smallest absolute Gasteiger partial charge is 0.411 e. The monoisotopic (exact) mass is 1780 g/mol. The molecule has 3 heterocycles. The highest BCUT2D eigenvalue weighted by molar-refractivity contribution is 8.76. The zero-order valence-electron chi connectivity index (χ0n) is 68.0. The Morgan fingerprint density at radius 1 is 0.680 bits per heavy atom. The second-order valence-corrected chi connectivity index (χ2v) is 29.8. The normalized spacial score (nSPS) is 13.1. The number of carbonyl (C=O) groups is 14. The molecule has 0 spiro atoms. The second-order valence-electron chi connectivity index (χ2n) is 27.2. The molecule has 125 heavy (non-hydrogen) atoms. The Morgan fingerprint density at radius 2 is 1.29 bits per heavy atom. The first-order valence-corrected chi connectivity index (χ1v) is 40.9. The van der Waals surface area contributed by atoms with Crippen LogP contribution in [0.2, 0.25) is 0 Å². The first-order valence-electron chi connectivity index (χ1n) is 38.4. The van der Waals surface area contributed by atoms with Gasteiger partial charge in [-0.2, -0.15) is 4.98 Å². The van der Waals surface area contributed by atoms with Crippen LogP contribution in [0.4, 0.5) is 27.8 Å². The van der Waals surface area contributed by atoms with Gasteiger partial charge in [0.1, 0.15) is 50.0 Å². The van der Waals surface area contributed by atoms with Gasteiger partial charge in [0.25, 0.3) is 23.3 Å². The van der Waals surface area contributed by atoms with E-state index in [1.807, 2.05) is 5.32 Å². The van der Waals surface area contributed by atoms with Gasteiger partial charge < -0.3 is 119 Å². The number of carbonyl (C=O) groups excluding carboxylic acids is 9. The van der Waals surface area contributed by atoms with Crippen molar-refractivity contribution in [2.45, 2.75) is 133 Å². The van der Waals surface area contributed by atoms with Crippen LogP contribution in [0.15, 0.2) is 94.0 Å². The number of nitrogen functional groups attached to an aromatic ring is 1. The minimum atomic E-state index is -2.22. The number of aromatic amines is 1. The summed E-state index contributed by atoms with van der Waals surface area (Å²) in [5.41, 5.74) is 13.1. The summed E-state index contributed by atoms with van der Waals surface area (Å²) in [6.07, 6.45) is 1.70. The molecule has 2 aromatic heterocycles. The van der Waals surface area contributed by atoms with Crippen molar-refractivity contribution in [3.05, 3.63) is 112 Å². The molecule has 0 saturated heterocycles. The third-order valence-electron chi connectivity index (χ3n) is 17.7. The summed E-state index contributed by atoms with van der Waals surface area (Å²) in [5.74, 6) is -17.3. The number of amides is 9. The number of anilines is 3. The van der Waals surface area contributed by atoms with Crippen molar-refractivity contribution >= 4 is 157 Å². The van der Waals surface area contributed by atoms with Crippen LogP contribution in [-0.2, 0) is 64.1 Å². The number of rotatable bonds is 53. The van der Waals surface area contributed by atoms with Gasteiger partial charge in [-0.3, -0.25) is 78.2 Å². The molecule has 0 unspecified atom stereocenters. The standard InChI is InChI=1S/C77H98N20O26S2/c1-40-12-9-21-81-49-30-57(55(118-3)28-45(49)66(106)85-35-40)121-24-7-6-8-25-122-58-31-50(46(29-56(58)119-4)67(107)86-36-41(2)13-10-23-87-120-5)95-77(117)123-26-27-124-125-39-54(74(115)116)94-71(111)53(34-62(103)104)93-70(110)52(33-61(101)102)92-68(108)47(14-11-22-82-75(78)79)90-69(109)51(32-60(99)100)89-59(98)20-19-48(73(113)114)91-65(105)42-15-17-43(18-16-42)83-37-44-38-84-64-63(88-44)72(112)97-76(80)96-64/h15-18,21,23,28-31,38,47-48,51-54,83H,1-2,6-14,19-20,22,24-27,32-37,39H2,3-5H3,(H,85,106)(H,86,107)(H,89,98)(H,90,109)(H,91,105)(H,92,108)(H,93,110)(H,94,111)(H,95,117)(H,99,100)(H,101,102)(H,103,104)(H,113,114)(H,115,116)(H4,78,79,82)(H3,80,84,96,97,112)/b81-21?,87-23+/t47-,48-,51-,52-,53-,54-/m0/s1. The SMILES string of the molecule is C=C1CCC=Nc2cc(OCCCCCOc3cc(NC(=O)OCCSSC[C@H](NC(=O)[C@H](CC(=O)O)NC(=O)[C@H](CC(=O)O)NC(=O)[C@H](CCCNC(=N)N)NC(=O)[C@H](CC(=O)O)NC(=O)CC[C@H](NC(=O)c4ccc(NCc5cnc6nc(N)[nH]c(=O)c6n5)cc4)C(=O)O)C(=O)O)c(C(=O)NCC(=C)CC/C=N/OC)cc3OC)c(OC)cc2C(=O)NC1. The number of nitrogens with two attached hydrogens (primary N) is 2. The summed E-state index contributed by atoms with van der Waals surface area (Å²) in [6, 6.07) is -0.311. The van der Waals surface area contributed by atoms with Crippen molar-refractivity contribution in [2.75, 3.05) is 88.7 Å². The quantitative estimate of drug-likeness (QED) is 0.00659. The molecule has 5 aromatic rings. The zero-order valence-corrected chi connectivity index (χ0v) is 69.6. The second kappa shape index (κ2) is 51.4. The molecule has 22 N–H and O–H groups in total. The van der Waals surface area contributed by atoms with Crippen molar-refractivity contribution < 1.29 is 121 Å². The van der Waals surface area contributed by atoms with Crippen molar-refractivity contribution in [2.24, 2.45) is 15.9 Å². The molecule has 6 atom stereocenters. The number of hydrogen-bond donors (Lipinski definition) is 20. The summed E-state index contributed by atoms with van der Waals surface area (Å²) >= 11 is 0. The number of guanidine groups is 1. The van der Waals surface area contributed by atoms with Gasteiger partial charge in [0.2, 0.25) is 35.5 Å². The molecule has 3 aromatic carbocycles. The first kappa shape index (κ1) is 99.5. The highest BCUT2D eigenvalue weighted by atomic mass is 33.1. The van der Waals surface area contributed by atoms with E-state index < -0.39 is 169 Å². The average molecular weight is 1780 g/mol. The minimum absolute atomic E-state index is 0.0238. The van der Waals surface area contributed by atoms with Crippen molar-refractivity contribution in [1.29, 1.82) is 5.41 Å². The Hall–Kier alpha value is -14.4. The molecule has 674 valence electrons. The number of aliphatic imine (C=N–C) groups is 1. The number of benzene rings is 3. The van der Waals surface area contributed by atoms with E-state index in [0.29, 0.717) is 91.2 Å². The van der Waals surface area contributed by atoms with E-state index >= 15 is 0 Å². The summed E-state index contributed by atoms with van der Waals surface area (Å²) in [7, 11) is 5.98. The zero-order chi connectivity index (χ0) is 91.7. The number of nitrogens with one attached hydrogen (secondary N) is 13. The topological polar surface area (TPSA) is 700 Å². The molecule has 0 radical (unpaired) electrons. The van der Waals surface area contributed by atoms with Gasteiger partial charge in [-0.05, 0) is 101 Å². The summed E-state index contributed by atoms with van der Waals surface area (Å²) < 4.78 is 28.7. The van der Waals surface area contributed by atoms with Crippen LogP contribution in [0.5, 0.6) is 23.0 Å². The van der Waals surface area contributed by atoms with E-state index in [1.165, 1.54) is 70.1 Å². The molecule has 0 aliphatic carbocycles. The van der Waals surface area contributed by atoms with Crippen molar-refractivity contribution in [3.63, 3.8) is 0 Å². The molecule has 6 rings (SSSR count). The van der Waals surface area contributed by atoms with Gasteiger partial charge >= 0.3 is 35.9 Å². The summed E-state index contributed by atoms with van der Waals surface area (Å²) in [5, 5.41) is 87.3. The minimum Gasteiger partial charge on any atom is -0.493 e. The Bertz CT molecular complexity index is 4880. The summed E-state index contributed by atoms with van der Waals surface area (Å²) in [4.78, 5) is 220. The predicted octanol–water partition coefficient (Wildman–Crippen LogP) is 1.82. The van der Waals surface area contributed by atoms with Crippen LogP contribution < -0.4 is 94.5 Å². The van der Waals surface area contributed by atoms with Crippen molar-refractivity contribution in [1.82, 2.24) is 67.8 Å². The number of carboxylic acids is 5. The van der Waals surface area contributed by atoms with Crippen LogP contribution in [0.3, 0.4) is 0 Å². The Labute approximate surface area is 720 Å². The van der Waals surface area contributed by atoms with E-state index in [0.717, 1.165) is 27.2 Å². The van der Waals surface area contributed by atoms with Crippen molar-refractivity contribution in [3.8, 4) is 23.0 Å². The van der Waals surface area contributed by atoms with Gasteiger partial charge in [0, 0.05) is 73.4 Å². The summed E-state index contributed by atoms with van der Waals surface area (Å²) in [6.45, 7) is 8.28. The number of oxime groups is 1. The van der Waals surface area contributed by atoms with E-state index in [9.17, 15) is 97.5 Å². The van der Waals surface area contributed by atoms with Gasteiger partial charge in [-0.15, -0.1) is 0 Å². The van der Waals surface area contributed by atoms with E-state index in [2.05, 4.69) is 96.4 Å². The number of nitrogens with zero attached hydrogens (tertiary/aromatic N) is 5. The Balaban J connectivity index is 1.03. The van der Waals surface area contributed by atoms with E-state index in [4.69, 9.17) is 45.4 Å². The van der Waals surface area contributed by atoms with Gasteiger partial charge in [-0.1, -0.05) is 51.0 Å². The number of ether oxygens (including phenoxy) is 5. The maximum atomic E-state index is 14.1. The number of carboxylic acid groups (broad SMARTS) is 5. The van der Waals surface area contributed by atoms with Crippen LogP contribution in [0, 0.1) is 5.41 Å². The fourth-order valence-corrected chi connectivity index (χ4v) is 13.3. The van der Waals surface area contributed by atoms with Gasteiger partial charge in [-0.25, -0.2) is 24.4 Å². The molecule has 1 aliphatic heterocycles. The molecule has 0 fully saturated rings. The molecule has 0 saturated carbocycles. The maximum Gasteiger partial charge on any atom is 0.411 e. The molecule has 46 nitrogen and oxygen atoms in total. The fraction of sp³-hybridized carbons (Fsp3) is 0.416. The highest BCUT2D eigenvalue weighted by Gasteiger charge is 2.36. The number of unbranched alkanes of at least 4 members (excludes halogenated alkanes) is 2. The number of methoxy groups -OCH3 is 2. The molecule has 9 amide bonds. The molecule has 48 heteroatoms. The Morgan fingerprint density at radius 3 is 1.90 bits per heavy atom. The lowest BCUT2D eigenvalue weighted by atomic mass is 10.1. The average Bonchev–Trinajstić information content (AvgIpc) is 0.825. The largest absolute Gasteiger partial charge is 0.493 e. The molecular formula is C77H98N20O26S2. The lowest BCUT2D eigenvalue weighted by molar-refractivity contribution is -0.144. The van der Waals surface area contributed by atoms with Crippen LogP contribution >= 0.6 is 21.6 Å². The predicted molar refractivity (Wildman–Crippen MR) is 453 cm³/mol. The molecule has 1 aliphatic rings. The lowest BCUT2D eigenvalue weighted by Crippen LogP contribution is -2.59. The van der Waals surface area contributed by atoms with Crippen LogP contribution in [0.1, 0.15) is 127 Å². The Kier molecular flexibility index (Phi) is 40.9. The van der Waals surface area contributed by atoms with Crippen LogP contribution in [0.25, 0.3) is 11.2 Å². The third kappa shape index (κ3) is 34.6. The maximum absolute atomic E-state index is 14.1. The number of aliphatic carboxylic acids is 5. The van der Waals surface area contributed by atoms with Gasteiger partial charge in [0.05, 0.1) is 87.6 Å². The third-order valence-corrected chi connectivity index (χ3v) is 20.0. The highest BCUT2D eigenvalue weighted by Crippen LogP contribution is 2.37. The van der Waals surface area contributed by atoms with Crippen LogP contribution in [-0.4, -0.2) is 256 Å². The number of hydrogen-bond acceptors (Lipinski definition) is 31. The van der Waals surface area contributed by atoms with E-state index in [1.54, 1.807) is 18.3 Å². The first-order chi connectivity index (χ1) is 59.6. The fourth-order valence-electron chi connectivity index (χ4n) is 11.3. The lowest BCUT2D eigenvalue weighted by Gasteiger charge is -2.26. The molecule has 0 bridgehead atoms. The van der Waals surface area contributed by atoms with Gasteiger partial charge in [0.15, 0.2) is 40.1 Å². The number of fused-ring (bicyclic) bond motifs is 2. The number of H-pyrrole nitrogens is 1. The number of aromatic nitrogens is 4.